The Morgan fingerprint density at radius 1 is 1.25 bits per heavy atom. The Bertz CT molecular complexity index is 360. The second-order valence-electron chi connectivity index (χ2n) is 6.01. The molecule has 1 unspecified atom stereocenters. The maximum atomic E-state index is 11.9. The van der Waals surface area contributed by atoms with Gasteiger partial charge in [0.05, 0.1) is 18.6 Å². The van der Waals surface area contributed by atoms with Crippen molar-refractivity contribution in [3.05, 3.63) is 0 Å². The Hall–Kier alpha value is -1.30. The summed E-state index contributed by atoms with van der Waals surface area (Å²) >= 11 is 0. The molecule has 6 nitrogen and oxygen atoms in total. The summed E-state index contributed by atoms with van der Waals surface area (Å²) in [5.74, 6) is -0.942. The molecule has 0 aromatic carbocycles. The van der Waals surface area contributed by atoms with Crippen molar-refractivity contribution in [1.29, 1.82) is 0 Å². The number of urea groups is 1. The summed E-state index contributed by atoms with van der Waals surface area (Å²) in [6, 6.07) is -0.0637. The van der Waals surface area contributed by atoms with E-state index in [-0.39, 0.29) is 17.9 Å². The molecule has 0 aliphatic carbocycles. The molecule has 6 heteroatoms. The molecule has 0 aromatic rings. The van der Waals surface area contributed by atoms with Crippen molar-refractivity contribution >= 4 is 12.0 Å². The van der Waals surface area contributed by atoms with Crippen molar-refractivity contribution in [2.45, 2.75) is 32.3 Å². The van der Waals surface area contributed by atoms with Gasteiger partial charge in [0.15, 0.2) is 0 Å². The van der Waals surface area contributed by atoms with E-state index in [1.54, 1.807) is 19.0 Å². The van der Waals surface area contributed by atoms with Crippen molar-refractivity contribution in [3.8, 4) is 0 Å². The third kappa shape index (κ3) is 3.42. The summed E-state index contributed by atoms with van der Waals surface area (Å²) in [5, 5.41) is 10.8. The molecule has 20 heavy (non-hydrogen) atoms. The Balaban J connectivity index is 2.78. The molecule has 1 heterocycles. The number of ether oxygens (including phenoxy) is 1. The predicted octanol–water partition coefficient (Wildman–Crippen LogP) is 0.940. The number of piperidine rings is 1. The largest absolute Gasteiger partial charge is 0.469 e. The number of carbonyl (C=O) groups excluding carboxylic acids is 2. The number of nitrogens with zero attached hydrogens (tertiary/aromatic N) is 2. The molecule has 0 saturated carbocycles. The van der Waals surface area contributed by atoms with Gasteiger partial charge < -0.3 is 19.6 Å². The number of carbonyl (C=O) groups is 2. The van der Waals surface area contributed by atoms with Crippen LogP contribution >= 0.6 is 0 Å². The molecule has 1 atom stereocenters. The highest BCUT2D eigenvalue weighted by Gasteiger charge is 2.46. The molecule has 0 spiro atoms. The zero-order valence-electron chi connectivity index (χ0n) is 13.0. The minimum absolute atomic E-state index is 0.0106. The van der Waals surface area contributed by atoms with Crippen LogP contribution in [-0.2, 0) is 9.53 Å². The Kier molecular flexibility index (Phi) is 5.39. The van der Waals surface area contributed by atoms with E-state index in [0.29, 0.717) is 25.9 Å². The third-order valence-electron chi connectivity index (χ3n) is 3.98. The molecule has 116 valence electrons. The van der Waals surface area contributed by atoms with Crippen LogP contribution in [0.5, 0.6) is 0 Å². The molecule has 1 aliphatic heterocycles. The first-order valence-electron chi connectivity index (χ1n) is 6.99. The molecule has 1 N–H and O–H groups in total. The van der Waals surface area contributed by atoms with Crippen LogP contribution in [0.3, 0.4) is 0 Å². The van der Waals surface area contributed by atoms with Gasteiger partial charge in [-0.05, 0) is 18.8 Å². The van der Waals surface area contributed by atoms with E-state index >= 15 is 0 Å². The summed E-state index contributed by atoms with van der Waals surface area (Å²) in [6.07, 6.45) is 0.787. The van der Waals surface area contributed by atoms with Gasteiger partial charge in [-0.3, -0.25) is 4.79 Å². The average Bonchev–Trinajstić information content (AvgIpc) is 2.37. The fourth-order valence-corrected chi connectivity index (χ4v) is 2.92. The first-order valence-corrected chi connectivity index (χ1v) is 6.99. The predicted molar refractivity (Wildman–Crippen MR) is 75.2 cm³/mol. The van der Waals surface area contributed by atoms with Crippen LogP contribution in [0.15, 0.2) is 0 Å². The number of likely N-dealkylation sites (tertiary alicyclic amines) is 1. The maximum Gasteiger partial charge on any atom is 0.319 e. The van der Waals surface area contributed by atoms with Crippen LogP contribution in [-0.4, -0.2) is 66.8 Å². The Morgan fingerprint density at radius 3 is 2.10 bits per heavy atom. The Labute approximate surface area is 120 Å². The van der Waals surface area contributed by atoms with E-state index in [1.807, 2.05) is 13.8 Å². The molecule has 1 rings (SSSR count). The van der Waals surface area contributed by atoms with Crippen molar-refractivity contribution in [3.63, 3.8) is 0 Å². The first kappa shape index (κ1) is 16.8. The van der Waals surface area contributed by atoms with Gasteiger partial charge in [0.25, 0.3) is 0 Å². The normalized spacial score (nSPS) is 19.6. The third-order valence-corrected chi connectivity index (χ3v) is 3.98. The van der Waals surface area contributed by atoms with Gasteiger partial charge >= 0.3 is 12.0 Å². The second-order valence-corrected chi connectivity index (χ2v) is 6.01. The fourth-order valence-electron chi connectivity index (χ4n) is 2.92. The van der Waals surface area contributed by atoms with Crippen LogP contribution < -0.4 is 0 Å². The lowest BCUT2D eigenvalue weighted by Gasteiger charge is -2.43. The summed E-state index contributed by atoms with van der Waals surface area (Å²) in [7, 11) is 4.74. The lowest BCUT2D eigenvalue weighted by atomic mass is 9.74. The van der Waals surface area contributed by atoms with Crippen LogP contribution in [0.25, 0.3) is 0 Å². The number of amides is 2. The lowest BCUT2D eigenvalue weighted by molar-refractivity contribution is -0.163. The van der Waals surface area contributed by atoms with Gasteiger partial charge in [-0.25, -0.2) is 4.79 Å². The summed E-state index contributed by atoms with van der Waals surface area (Å²) in [4.78, 5) is 27.0. The maximum absolute atomic E-state index is 11.9. The van der Waals surface area contributed by atoms with E-state index in [0.717, 1.165) is 0 Å². The number of rotatable bonds is 3. The highest BCUT2D eigenvalue weighted by atomic mass is 16.5. The molecule has 2 amide bonds. The molecule has 1 saturated heterocycles. The van der Waals surface area contributed by atoms with Gasteiger partial charge in [0.2, 0.25) is 0 Å². The molecule has 1 fully saturated rings. The summed E-state index contributed by atoms with van der Waals surface area (Å²) < 4.78 is 4.82. The van der Waals surface area contributed by atoms with E-state index in [4.69, 9.17) is 4.74 Å². The second kappa shape index (κ2) is 6.43. The highest BCUT2D eigenvalue weighted by Crippen LogP contribution is 2.35. The minimum Gasteiger partial charge on any atom is -0.469 e. The van der Waals surface area contributed by atoms with Crippen molar-refractivity contribution in [1.82, 2.24) is 9.80 Å². The number of hydrogen-bond donors (Lipinski definition) is 1. The average molecular weight is 286 g/mol. The van der Waals surface area contributed by atoms with E-state index in [1.165, 1.54) is 12.0 Å². The van der Waals surface area contributed by atoms with Crippen LogP contribution in [0.2, 0.25) is 0 Å². The van der Waals surface area contributed by atoms with Crippen molar-refractivity contribution in [2.75, 3.05) is 34.3 Å². The number of aliphatic hydroxyl groups is 1. The summed E-state index contributed by atoms with van der Waals surface area (Å²) in [5.41, 5.74) is -1.09. The zero-order valence-corrected chi connectivity index (χ0v) is 13.0. The minimum atomic E-state index is -1.09. The Morgan fingerprint density at radius 2 is 1.75 bits per heavy atom. The molecule has 0 bridgehead atoms. The number of methoxy groups -OCH3 is 1. The number of esters is 1. The van der Waals surface area contributed by atoms with E-state index in [2.05, 4.69) is 0 Å². The van der Waals surface area contributed by atoms with Gasteiger partial charge in [-0.1, -0.05) is 13.8 Å². The van der Waals surface area contributed by atoms with Crippen LogP contribution in [0.4, 0.5) is 4.79 Å². The topological polar surface area (TPSA) is 70.1 Å². The molecular formula is C14H26N2O4. The van der Waals surface area contributed by atoms with Crippen LogP contribution in [0, 0.1) is 11.8 Å². The quantitative estimate of drug-likeness (QED) is 0.784. The van der Waals surface area contributed by atoms with E-state index in [9.17, 15) is 14.7 Å². The highest BCUT2D eigenvalue weighted by molar-refractivity contribution is 5.75. The first-order chi connectivity index (χ1) is 9.23. The molecule has 0 radical (unpaired) electrons. The standard InChI is InChI=1S/C14H26N2O4/c1-10(2)11(12(17)20-5)14(19)6-8-16(9-7-14)13(18)15(3)4/h10-11,19H,6-9H2,1-5H3. The molecular weight excluding hydrogens is 260 g/mol. The van der Waals surface area contributed by atoms with Gasteiger partial charge in [-0.15, -0.1) is 0 Å². The van der Waals surface area contributed by atoms with Gasteiger partial charge in [-0.2, -0.15) is 0 Å². The molecule has 0 aromatic heterocycles. The summed E-state index contributed by atoms with van der Waals surface area (Å²) in [6.45, 7) is 4.70. The van der Waals surface area contributed by atoms with Gasteiger partial charge in [0, 0.05) is 27.2 Å². The van der Waals surface area contributed by atoms with Crippen molar-refractivity contribution < 1.29 is 19.4 Å². The van der Waals surface area contributed by atoms with E-state index < -0.39 is 11.5 Å². The van der Waals surface area contributed by atoms with Crippen molar-refractivity contribution in [2.24, 2.45) is 11.8 Å². The monoisotopic (exact) mass is 286 g/mol. The SMILES string of the molecule is COC(=O)C(C(C)C)C1(O)CCN(C(=O)N(C)C)CC1. The van der Waals surface area contributed by atoms with Gasteiger partial charge in [0.1, 0.15) is 0 Å². The number of hydrogen-bond acceptors (Lipinski definition) is 4. The smallest absolute Gasteiger partial charge is 0.319 e. The molecule has 1 aliphatic rings. The zero-order chi connectivity index (χ0) is 15.5. The van der Waals surface area contributed by atoms with Crippen LogP contribution in [0.1, 0.15) is 26.7 Å². The fraction of sp³-hybridized carbons (Fsp3) is 0.857. The lowest BCUT2D eigenvalue weighted by Crippen LogP contribution is -2.55.